The summed E-state index contributed by atoms with van der Waals surface area (Å²) in [6.07, 6.45) is 0. The fourth-order valence-electron chi connectivity index (χ4n) is 2.05. The maximum atomic E-state index is 13.6. The Labute approximate surface area is 128 Å². The van der Waals surface area contributed by atoms with Crippen molar-refractivity contribution in [3.8, 4) is 5.88 Å². The molecule has 4 nitrogen and oxygen atoms in total. The topological polar surface area (TPSA) is 60.7 Å². The number of azo groups is 1. The van der Waals surface area contributed by atoms with Gasteiger partial charge in [0, 0.05) is 9.86 Å². The maximum Gasteiger partial charge on any atom is 0.218 e. The van der Waals surface area contributed by atoms with Gasteiger partial charge in [0.25, 0.3) is 0 Å². The monoisotopic (exact) mass is 347 g/mol. The van der Waals surface area contributed by atoms with E-state index in [9.17, 15) is 9.50 Å². The number of H-pyrrole nitrogens is 1. The van der Waals surface area contributed by atoms with E-state index in [-0.39, 0.29) is 17.1 Å². The molecule has 3 rings (SSSR count). The van der Waals surface area contributed by atoms with Gasteiger partial charge >= 0.3 is 0 Å². The first kappa shape index (κ1) is 13.8. The third-order valence-corrected chi connectivity index (χ3v) is 4.03. The molecule has 106 valence electrons. The molecule has 0 bridgehead atoms. The zero-order valence-electron chi connectivity index (χ0n) is 11.1. The summed E-state index contributed by atoms with van der Waals surface area (Å²) in [6, 6.07) is 10.1. The van der Waals surface area contributed by atoms with Crippen molar-refractivity contribution >= 4 is 38.2 Å². The number of hydrogen-bond acceptors (Lipinski definition) is 3. The molecule has 1 heterocycles. The Bertz CT molecular complexity index is 857. The minimum Gasteiger partial charge on any atom is -0.493 e. The summed E-state index contributed by atoms with van der Waals surface area (Å²) in [7, 11) is 0. The number of para-hydroxylation sites is 1. The summed E-state index contributed by atoms with van der Waals surface area (Å²) in [4.78, 5) is 2.57. The summed E-state index contributed by atoms with van der Waals surface area (Å²) in [5.74, 6) is -0.642. The van der Waals surface area contributed by atoms with Crippen LogP contribution < -0.4 is 0 Å². The average Bonchev–Trinajstić information content (AvgIpc) is 2.78. The fourth-order valence-corrected chi connectivity index (χ4v) is 2.30. The molecular formula is C15H11BrFN3O. The number of rotatable bonds is 2. The highest BCUT2D eigenvalue weighted by Crippen LogP contribution is 2.37. The van der Waals surface area contributed by atoms with Crippen LogP contribution in [0.1, 0.15) is 5.56 Å². The standard InChI is InChI=1S/C15H11BrFN3O/c1-8-7-9(5-6-11(8)16)19-20-14-10-3-2-4-12(17)13(10)18-15(14)21/h2-7,18,21H,1H3. The number of benzene rings is 2. The van der Waals surface area contributed by atoms with Gasteiger partial charge in [0.05, 0.1) is 11.2 Å². The summed E-state index contributed by atoms with van der Waals surface area (Å²) in [5.41, 5.74) is 2.13. The van der Waals surface area contributed by atoms with Crippen molar-refractivity contribution in [1.82, 2.24) is 4.98 Å². The van der Waals surface area contributed by atoms with E-state index in [1.54, 1.807) is 18.2 Å². The quantitative estimate of drug-likeness (QED) is 0.590. The van der Waals surface area contributed by atoms with Gasteiger partial charge in [0.1, 0.15) is 5.82 Å². The molecule has 0 atom stereocenters. The average molecular weight is 348 g/mol. The zero-order chi connectivity index (χ0) is 15.0. The van der Waals surface area contributed by atoms with E-state index in [0.29, 0.717) is 11.1 Å². The predicted molar refractivity (Wildman–Crippen MR) is 83.0 cm³/mol. The SMILES string of the molecule is Cc1cc(N=Nc2c(O)[nH]c3c(F)cccc23)ccc1Br. The number of hydrogen-bond donors (Lipinski definition) is 2. The first-order chi connectivity index (χ1) is 10.1. The van der Waals surface area contributed by atoms with Crippen molar-refractivity contribution in [2.45, 2.75) is 6.92 Å². The summed E-state index contributed by atoms with van der Waals surface area (Å²) in [5, 5.41) is 18.5. The van der Waals surface area contributed by atoms with Crippen LogP contribution in [-0.4, -0.2) is 10.1 Å². The minimum absolute atomic E-state index is 0.201. The van der Waals surface area contributed by atoms with E-state index in [1.165, 1.54) is 6.07 Å². The second-order valence-electron chi connectivity index (χ2n) is 4.62. The largest absolute Gasteiger partial charge is 0.493 e. The maximum absolute atomic E-state index is 13.6. The van der Waals surface area contributed by atoms with Gasteiger partial charge < -0.3 is 10.1 Å². The van der Waals surface area contributed by atoms with Crippen LogP contribution in [0.4, 0.5) is 15.8 Å². The van der Waals surface area contributed by atoms with Crippen LogP contribution >= 0.6 is 15.9 Å². The normalized spacial score (nSPS) is 11.6. The van der Waals surface area contributed by atoms with Crippen molar-refractivity contribution < 1.29 is 9.50 Å². The number of aromatic nitrogens is 1. The molecule has 2 N–H and O–H groups in total. The molecule has 0 spiro atoms. The number of aryl methyl sites for hydroxylation is 1. The van der Waals surface area contributed by atoms with Crippen LogP contribution in [0.3, 0.4) is 0 Å². The lowest BCUT2D eigenvalue weighted by molar-refractivity contribution is 0.459. The number of fused-ring (bicyclic) bond motifs is 1. The summed E-state index contributed by atoms with van der Waals surface area (Å²) < 4.78 is 14.6. The highest BCUT2D eigenvalue weighted by molar-refractivity contribution is 9.10. The van der Waals surface area contributed by atoms with Crippen LogP contribution in [-0.2, 0) is 0 Å². The minimum atomic E-state index is -0.441. The summed E-state index contributed by atoms with van der Waals surface area (Å²) >= 11 is 3.41. The Hall–Kier alpha value is -2.21. The van der Waals surface area contributed by atoms with Gasteiger partial charge in [0.15, 0.2) is 5.69 Å². The first-order valence-corrected chi connectivity index (χ1v) is 7.02. The van der Waals surface area contributed by atoms with E-state index in [0.717, 1.165) is 10.0 Å². The van der Waals surface area contributed by atoms with E-state index in [1.807, 2.05) is 19.1 Å². The molecule has 21 heavy (non-hydrogen) atoms. The number of aromatic hydroxyl groups is 1. The van der Waals surface area contributed by atoms with Crippen LogP contribution in [0, 0.1) is 12.7 Å². The van der Waals surface area contributed by atoms with Crippen molar-refractivity contribution in [3.63, 3.8) is 0 Å². The van der Waals surface area contributed by atoms with E-state index < -0.39 is 5.82 Å². The zero-order valence-corrected chi connectivity index (χ0v) is 12.6. The molecule has 3 aromatic rings. The van der Waals surface area contributed by atoms with Crippen LogP contribution in [0.5, 0.6) is 5.88 Å². The Morgan fingerprint density at radius 3 is 2.76 bits per heavy atom. The van der Waals surface area contributed by atoms with Crippen molar-refractivity contribution in [1.29, 1.82) is 0 Å². The van der Waals surface area contributed by atoms with Gasteiger partial charge in [-0.15, -0.1) is 5.11 Å². The number of nitrogens with zero attached hydrogens (tertiary/aromatic N) is 2. The Kier molecular flexibility index (Phi) is 3.47. The number of halogens is 2. The van der Waals surface area contributed by atoms with Crippen molar-refractivity contribution in [2.24, 2.45) is 10.2 Å². The lowest BCUT2D eigenvalue weighted by atomic mass is 10.2. The number of aromatic amines is 1. The number of nitrogens with one attached hydrogen (secondary N) is 1. The highest BCUT2D eigenvalue weighted by atomic mass is 79.9. The van der Waals surface area contributed by atoms with Gasteiger partial charge in [-0.2, -0.15) is 5.11 Å². The molecule has 6 heteroatoms. The molecule has 0 amide bonds. The van der Waals surface area contributed by atoms with E-state index >= 15 is 0 Å². The fraction of sp³-hybridized carbons (Fsp3) is 0.0667. The molecule has 0 aliphatic carbocycles. The Balaban J connectivity index is 2.05. The van der Waals surface area contributed by atoms with Gasteiger partial charge in [-0.05, 0) is 36.8 Å². The molecule has 0 saturated carbocycles. The third kappa shape index (κ3) is 2.54. The van der Waals surface area contributed by atoms with Crippen molar-refractivity contribution in [2.75, 3.05) is 0 Å². The molecule has 0 radical (unpaired) electrons. The van der Waals surface area contributed by atoms with Crippen molar-refractivity contribution in [3.05, 3.63) is 52.3 Å². The molecular weight excluding hydrogens is 337 g/mol. The van der Waals surface area contributed by atoms with Crippen LogP contribution in [0.25, 0.3) is 10.9 Å². The van der Waals surface area contributed by atoms with Gasteiger partial charge in [-0.25, -0.2) is 4.39 Å². The highest BCUT2D eigenvalue weighted by Gasteiger charge is 2.13. The van der Waals surface area contributed by atoms with E-state index in [2.05, 4.69) is 31.1 Å². The molecule has 0 aliphatic heterocycles. The Morgan fingerprint density at radius 1 is 1.19 bits per heavy atom. The van der Waals surface area contributed by atoms with Crippen LogP contribution in [0.2, 0.25) is 0 Å². The lowest BCUT2D eigenvalue weighted by Gasteiger charge is -1.98. The smallest absolute Gasteiger partial charge is 0.218 e. The van der Waals surface area contributed by atoms with Crippen LogP contribution in [0.15, 0.2) is 51.1 Å². The molecule has 0 fully saturated rings. The summed E-state index contributed by atoms with van der Waals surface area (Å²) in [6.45, 7) is 1.95. The lowest BCUT2D eigenvalue weighted by Crippen LogP contribution is -1.75. The molecule has 2 aromatic carbocycles. The molecule has 1 aromatic heterocycles. The predicted octanol–water partition coefficient (Wildman–Crippen LogP) is 5.50. The van der Waals surface area contributed by atoms with Gasteiger partial charge in [-0.1, -0.05) is 28.1 Å². The second-order valence-corrected chi connectivity index (χ2v) is 5.47. The second kappa shape index (κ2) is 5.29. The molecule has 0 saturated heterocycles. The first-order valence-electron chi connectivity index (χ1n) is 6.23. The molecule has 0 unspecified atom stereocenters. The van der Waals surface area contributed by atoms with Gasteiger partial charge in [-0.3, -0.25) is 0 Å². The van der Waals surface area contributed by atoms with Gasteiger partial charge in [0.2, 0.25) is 5.88 Å². The third-order valence-electron chi connectivity index (χ3n) is 3.14. The van der Waals surface area contributed by atoms with E-state index in [4.69, 9.17) is 0 Å². The Morgan fingerprint density at radius 2 is 2.00 bits per heavy atom. The molecule has 0 aliphatic rings.